The normalized spacial score (nSPS) is 12.0. The van der Waals surface area contributed by atoms with E-state index in [0.717, 1.165) is 33.0 Å². The highest BCUT2D eigenvalue weighted by atomic mass is 79.9. The maximum absolute atomic E-state index is 14.8. The Kier molecular flexibility index (Phi) is 7.00. The quantitative estimate of drug-likeness (QED) is 0.134. The minimum atomic E-state index is -1.24. The maximum atomic E-state index is 14.8. The van der Waals surface area contributed by atoms with Gasteiger partial charge in [-0.2, -0.15) is 0 Å². The number of halogens is 4. The van der Waals surface area contributed by atoms with Crippen LogP contribution >= 0.6 is 27.5 Å². The molecule has 0 fully saturated rings. The standard InChI is InChI=1S/C24H23BrClF2N3OSi/c1-33(2,3)7-6-32-14-31-13-30-23(18-10-19(26)21(28)11-20(18)27)24(31)15-4-5-22-16(8-15)9-17(25)12-29-22/h4-5,8-13H,6-7,14H2,1-3H3. The van der Waals surface area contributed by atoms with Gasteiger partial charge < -0.3 is 9.30 Å². The number of aromatic nitrogens is 3. The van der Waals surface area contributed by atoms with Gasteiger partial charge in [0.25, 0.3) is 0 Å². The van der Waals surface area contributed by atoms with Crippen LogP contribution in [0.3, 0.4) is 0 Å². The van der Waals surface area contributed by atoms with Gasteiger partial charge in [-0.1, -0.05) is 37.3 Å². The lowest BCUT2D eigenvalue weighted by molar-refractivity contribution is 0.0882. The van der Waals surface area contributed by atoms with E-state index >= 15 is 0 Å². The number of pyridine rings is 1. The van der Waals surface area contributed by atoms with Crippen molar-refractivity contribution in [2.75, 3.05) is 6.61 Å². The van der Waals surface area contributed by atoms with Crippen molar-refractivity contribution in [3.8, 4) is 22.5 Å². The van der Waals surface area contributed by atoms with Crippen molar-refractivity contribution in [2.45, 2.75) is 32.4 Å². The summed E-state index contributed by atoms with van der Waals surface area (Å²) < 4.78 is 37.2. The molecular weight excluding hydrogens is 528 g/mol. The van der Waals surface area contributed by atoms with Gasteiger partial charge in [0.15, 0.2) is 0 Å². The molecule has 2 aromatic heterocycles. The van der Waals surface area contributed by atoms with E-state index in [-0.39, 0.29) is 17.3 Å². The third-order valence-corrected chi connectivity index (χ3v) is 7.68. The lowest BCUT2D eigenvalue weighted by atomic mass is 10.0. The third kappa shape index (κ3) is 5.51. The van der Waals surface area contributed by atoms with E-state index < -0.39 is 19.7 Å². The fourth-order valence-corrected chi connectivity index (χ4v) is 4.75. The molecule has 9 heteroatoms. The van der Waals surface area contributed by atoms with Crippen LogP contribution in [0.1, 0.15) is 0 Å². The van der Waals surface area contributed by atoms with Gasteiger partial charge in [0.1, 0.15) is 18.4 Å². The number of ether oxygens (including phenoxy) is 1. The van der Waals surface area contributed by atoms with Gasteiger partial charge in [-0.25, -0.2) is 13.8 Å². The molecule has 2 aromatic carbocycles. The predicted molar refractivity (Wildman–Crippen MR) is 135 cm³/mol. The second-order valence-corrected chi connectivity index (χ2v) is 16.0. The Hall–Kier alpha value is -2.13. The van der Waals surface area contributed by atoms with Crippen molar-refractivity contribution in [1.82, 2.24) is 14.5 Å². The highest BCUT2D eigenvalue weighted by Gasteiger charge is 2.21. The second kappa shape index (κ2) is 9.62. The average Bonchev–Trinajstić information content (AvgIpc) is 3.16. The molecule has 4 nitrogen and oxygen atoms in total. The van der Waals surface area contributed by atoms with Gasteiger partial charge in [-0.05, 0) is 46.2 Å². The first-order valence-corrected chi connectivity index (χ1v) is 15.3. The van der Waals surface area contributed by atoms with E-state index in [9.17, 15) is 8.78 Å². The highest BCUT2D eigenvalue weighted by molar-refractivity contribution is 9.10. The topological polar surface area (TPSA) is 39.9 Å². The molecule has 0 N–H and O–H groups in total. The van der Waals surface area contributed by atoms with Crippen molar-refractivity contribution >= 4 is 46.5 Å². The average molecular weight is 551 g/mol. The molecule has 4 aromatic rings. The Labute approximate surface area is 205 Å². The molecule has 2 heterocycles. The molecule has 0 amide bonds. The lowest BCUT2D eigenvalue weighted by Gasteiger charge is -2.16. The molecule has 0 saturated heterocycles. The summed E-state index contributed by atoms with van der Waals surface area (Å²) in [6.45, 7) is 7.77. The van der Waals surface area contributed by atoms with Crippen LogP contribution in [0.5, 0.6) is 0 Å². The fraction of sp³-hybridized carbons (Fsp3) is 0.250. The Morgan fingerprint density at radius 3 is 2.61 bits per heavy atom. The summed E-state index contributed by atoms with van der Waals surface area (Å²) in [7, 11) is -1.24. The molecule has 4 rings (SSSR count). The molecule has 0 aliphatic rings. The molecule has 0 aliphatic heterocycles. The molecule has 33 heavy (non-hydrogen) atoms. The van der Waals surface area contributed by atoms with E-state index in [1.165, 1.54) is 6.07 Å². The number of hydrogen-bond acceptors (Lipinski definition) is 3. The largest absolute Gasteiger partial charge is 0.361 e. The van der Waals surface area contributed by atoms with E-state index in [1.54, 1.807) is 12.5 Å². The molecule has 0 radical (unpaired) electrons. The number of hydrogen-bond donors (Lipinski definition) is 0. The van der Waals surface area contributed by atoms with Crippen LogP contribution in [-0.2, 0) is 11.5 Å². The smallest absolute Gasteiger partial charge is 0.144 e. The molecule has 0 spiro atoms. The first kappa shape index (κ1) is 24.0. The van der Waals surface area contributed by atoms with Crippen LogP contribution in [0.4, 0.5) is 8.78 Å². The molecule has 0 atom stereocenters. The van der Waals surface area contributed by atoms with Crippen LogP contribution < -0.4 is 0 Å². The van der Waals surface area contributed by atoms with E-state index in [2.05, 4.69) is 45.5 Å². The summed E-state index contributed by atoms with van der Waals surface area (Å²) in [5.74, 6) is -1.54. The molecular formula is C24H23BrClF2N3OSi. The van der Waals surface area contributed by atoms with Crippen molar-refractivity contribution in [2.24, 2.45) is 0 Å². The van der Waals surface area contributed by atoms with E-state index in [0.29, 0.717) is 18.0 Å². The summed E-state index contributed by atoms with van der Waals surface area (Å²) >= 11 is 9.43. The first-order chi connectivity index (χ1) is 15.6. The van der Waals surface area contributed by atoms with E-state index in [1.807, 2.05) is 28.8 Å². The summed E-state index contributed by atoms with van der Waals surface area (Å²) in [5.41, 5.74) is 2.79. The molecule has 0 unspecified atom stereocenters. The van der Waals surface area contributed by atoms with Crippen molar-refractivity contribution < 1.29 is 13.5 Å². The molecule has 172 valence electrons. The highest BCUT2D eigenvalue weighted by Crippen LogP contribution is 2.36. The molecule has 0 saturated carbocycles. The first-order valence-electron chi connectivity index (χ1n) is 10.5. The zero-order valence-corrected chi connectivity index (χ0v) is 21.8. The van der Waals surface area contributed by atoms with Gasteiger partial charge >= 0.3 is 0 Å². The Morgan fingerprint density at radius 1 is 1.06 bits per heavy atom. The number of rotatable bonds is 7. The number of imidazole rings is 1. The van der Waals surface area contributed by atoms with Gasteiger partial charge in [0.2, 0.25) is 0 Å². The Balaban J connectivity index is 1.80. The fourth-order valence-electron chi connectivity index (χ4n) is 3.48. The van der Waals surface area contributed by atoms with Crippen LogP contribution in [0.2, 0.25) is 30.7 Å². The Bertz CT molecular complexity index is 1320. The lowest BCUT2D eigenvalue weighted by Crippen LogP contribution is -2.22. The summed E-state index contributed by atoms with van der Waals surface area (Å²) in [5, 5.41) is 0.753. The molecule has 0 aliphatic carbocycles. The van der Waals surface area contributed by atoms with Crippen molar-refractivity contribution in [3.05, 3.63) is 70.1 Å². The van der Waals surface area contributed by atoms with Gasteiger partial charge in [-0.3, -0.25) is 4.98 Å². The maximum Gasteiger partial charge on any atom is 0.144 e. The zero-order chi connectivity index (χ0) is 23.8. The van der Waals surface area contributed by atoms with Crippen molar-refractivity contribution in [3.63, 3.8) is 0 Å². The monoisotopic (exact) mass is 549 g/mol. The summed E-state index contributed by atoms with van der Waals surface area (Å²) in [6.07, 6.45) is 3.35. The van der Waals surface area contributed by atoms with Gasteiger partial charge in [0, 0.05) is 47.9 Å². The van der Waals surface area contributed by atoms with Crippen molar-refractivity contribution in [1.29, 1.82) is 0 Å². The minimum Gasteiger partial charge on any atom is -0.361 e. The summed E-state index contributed by atoms with van der Waals surface area (Å²) in [4.78, 5) is 8.88. The minimum absolute atomic E-state index is 0.129. The van der Waals surface area contributed by atoms with Gasteiger partial charge in [0.05, 0.1) is 28.3 Å². The number of nitrogens with zero attached hydrogens (tertiary/aromatic N) is 3. The van der Waals surface area contributed by atoms with Crippen LogP contribution in [0.25, 0.3) is 33.4 Å². The number of benzene rings is 2. The van der Waals surface area contributed by atoms with Crippen LogP contribution in [0, 0.1) is 11.6 Å². The van der Waals surface area contributed by atoms with Crippen LogP contribution in [-0.4, -0.2) is 29.2 Å². The number of fused-ring (bicyclic) bond motifs is 1. The van der Waals surface area contributed by atoms with Crippen LogP contribution in [0.15, 0.2) is 53.4 Å². The SMILES string of the molecule is C[Si](C)(C)CCOCn1cnc(-c2cc(Cl)c(F)cc2F)c1-c1ccc2ncc(Br)cc2c1. The van der Waals surface area contributed by atoms with Gasteiger partial charge in [-0.15, -0.1) is 0 Å². The zero-order valence-electron chi connectivity index (χ0n) is 18.5. The predicted octanol–water partition coefficient (Wildman–Crippen LogP) is 7.77. The summed E-state index contributed by atoms with van der Waals surface area (Å²) in [6, 6.07) is 10.8. The second-order valence-electron chi connectivity index (χ2n) is 9.07. The molecule has 0 bridgehead atoms. The third-order valence-electron chi connectivity index (χ3n) is 5.25. The van der Waals surface area contributed by atoms with E-state index in [4.69, 9.17) is 16.3 Å². The Morgan fingerprint density at radius 2 is 1.85 bits per heavy atom.